The van der Waals surface area contributed by atoms with E-state index < -0.39 is 0 Å². The van der Waals surface area contributed by atoms with Crippen LogP contribution in [0.25, 0.3) is 0 Å². The Balaban J connectivity index is 1.90. The maximum atomic E-state index is 12.2. The number of thiazole rings is 1. The number of amides is 1. The third-order valence-corrected chi connectivity index (χ3v) is 4.79. The molecule has 0 bridgehead atoms. The minimum absolute atomic E-state index is 0.145. The van der Waals surface area contributed by atoms with Crippen molar-refractivity contribution < 1.29 is 4.79 Å². The van der Waals surface area contributed by atoms with Gasteiger partial charge in [-0.05, 0) is 33.4 Å². The summed E-state index contributed by atoms with van der Waals surface area (Å²) in [6, 6.07) is 0.501. The fourth-order valence-corrected chi connectivity index (χ4v) is 3.34. The highest BCUT2D eigenvalue weighted by molar-refractivity contribution is 7.15. The van der Waals surface area contributed by atoms with Crippen molar-refractivity contribution in [2.24, 2.45) is 0 Å². The number of carbonyl (C=O) groups is 1. The zero-order chi connectivity index (χ0) is 14.0. The number of likely N-dealkylation sites (N-methyl/N-ethyl adjacent to an activating group) is 2. The molecule has 106 valence electrons. The highest BCUT2D eigenvalue weighted by Crippen LogP contribution is 2.21. The molecule has 0 spiro atoms. The van der Waals surface area contributed by atoms with Gasteiger partial charge < -0.3 is 15.5 Å². The van der Waals surface area contributed by atoms with Crippen LogP contribution in [-0.4, -0.2) is 53.9 Å². The molecule has 2 rings (SSSR count). The molecule has 1 aromatic rings. The fourth-order valence-electron chi connectivity index (χ4n) is 2.51. The molecule has 1 amide bonds. The molecule has 1 aliphatic rings. The van der Waals surface area contributed by atoms with Crippen molar-refractivity contribution in [3.63, 3.8) is 0 Å². The van der Waals surface area contributed by atoms with E-state index in [0.29, 0.717) is 17.6 Å². The Morgan fingerprint density at radius 3 is 2.89 bits per heavy atom. The van der Waals surface area contributed by atoms with Crippen LogP contribution >= 0.6 is 11.3 Å². The molecular formula is C13H22N4OS. The van der Waals surface area contributed by atoms with Gasteiger partial charge in [-0.3, -0.25) is 4.79 Å². The van der Waals surface area contributed by atoms with E-state index in [2.05, 4.69) is 16.9 Å². The second-order valence-corrected chi connectivity index (χ2v) is 6.40. The largest absolute Gasteiger partial charge is 0.375 e. The minimum atomic E-state index is 0.145. The van der Waals surface area contributed by atoms with Gasteiger partial charge in [-0.25, -0.2) is 4.98 Å². The lowest BCUT2D eigenvalue weighted by atomic mass is 10.2. The summed E-state index contributed by atoms with van der Waals surface area (Å²) >= 11 is 1.41. The van der Waals surface area contributed by atoms with Crippen molar-refractivity contribution in [1.82, 2.24) is 14.8 Å². The smallest absolute Gasteiger partial charge is 0.227 e. The maximum absolute atomic E-state index is 12.2. The highest BCUT2D eigenvalue weighted by atomic mass is 32.1. The molecule has 0 unspecified atom stereocenters. The summed E-state index contributed by atoms with van der Waals surface area (Å²) in [5, 5.41) is 0.540. The van der Waals surface area contributed by atoms with Gasteiger partial charge in [0.25, 0.3) is 0 Å². The van der Waals surface area contributed by atoms with Gasteiger partial charge in [-0.2, -0.15) is 0 Å². The monoisotopic (exact) mass is 282 g/mol. The minimum Gasteiger partial charge on any atom is -0.375 e. The number of anilines is 1. The zero-order valence-electron chi connectivity index (χ0n) is 11.8. The Morgan fingerprint density at radius 1 is 1.63 bits per heavy atom. The number of nitrogen functional groups attached to an aromatic ring is 1. The highest BCUT2D eigenvalue weighted by Gasteiger charge is 2.24. The van der Waals surface area contributed by atoms with E-state index in [0.717, 1.165) is 23.7 Å². The van der Waals surface area contributed by atoms with Crippen LogP contribution < -0.4 is 5.73 Å². The van der Waals surface area contributed by atoms with Crippen molar-refractivity contribution in [2.75, 3.05) is 32.9 Å². The molecule has 6 heteroatoms. The number of rotatable bonds is 4. The van der Waals surface area contributed by atoms with Crippen LogP contribution in [0.2, 0.25) is 0 Å². The summed E-state index contributed by atoms with van der Waals surface area (Å²) in [5.41, 5.74) is 6.53. The number of aryl methyl sites for hydroxylation is 1. The Hall–Kier alpha value is -1.14. The Bertz CT molecular complexity index is 459. The Morgan fingerprint density at radius 2 is 2.37 bits per heavy atom. The van der Waals surface area contributed by atoms with E-state index in [4.69, 9.17) is 5.73 Å². The van der Waals surface area contributed by atoms with Crippen LogP contribution in [0, 0.1) is 6.92 Å². The molecule has 19 heavy (non-hydrogen) atoms. The molecule has 1 fully saturated rings. The summed E-state index contributed by atoms with van der Waals surface area (Å²) in [7, 11) is 4.01. The summed E-state index contributed by atoms with van der Waals surface area (Å²) in [4.78, 5) is 21.5. The van der Waals surface area contributed by atoms with E-state index in [1.54, 1.807) is 0 Å². The zero-order valence-corrected chi connectivity index (χ0v) is 12.7. The van der Waals surface area contributed by atoms with E-state index in [9.17, 15) is 4.79 Å². The molecular weight excluding hydrogens is 260 g/mol. The molecule has 0 aromatic carbocycles. The van der Waals surface area contributed by atoms with E-state index in [1.165, 1.54) is 24.2 Å². The second kappa shape index (κ2) is 5.88. The standard InChI is InChI=1S/C13H22N4OS/c1-9-11(19-13(14)15-9)7-12(18)17(3)8-10-5-4-6-16(10)2/h10H,4-8H2,1-3H3,(H2,14,15)/t10-/m0/s1. The molecule has 1 saturated heterocycles. The number of nitrogens with zero attached hydrogens (tertiary/aromatic N) is 3. The Kier molecular flexibility index (Phi) is 4.42. The van der Waals surface area contributed by atoms with Crippen molar-refractivity contribution in [1.29, 1.82) is 0 Å². The first-order chi connectivity index (χ1) is 8.97. The predicted molar refractivity (Wildman–Crippen MR) is 78.3 cm³/mol. The molecule has 2 N–H and O–H groups in total. The average molecular weight is 282 g/mol. The van der Waals surface area contributed by atoms with E-state index in [-0.39, 0.29) is 5.91 Å². The van der Waals surface area contributed by atoms with Crippen LogP contribution in [0.5, 0.6) is 0 Å². The van der Waals surface area contributed by atoms with E-state index in [1.807, 2.05) is 18.9 Å². The van der Waals surface area contributed by atoms with Gasteiger partial charge in [-0.15, -0.1) is 11.3 Å². The number of hydrogen-bond acceptors (Lipinski definition) is 5. The maximum Gasteiger partial charge on any atom is 0.227 e. The predicted octanol–water partition coefficient (Wildman–Crippen LogP) is 1.13. The van der Waals surface area contributed by atoms with Gasteiger partial charge in [0, 0.05) is 24.5 Å². The number of carbonyl (C=O) groups excluding carboxylic acids is 1. The van der Waals surface area contributed by atoms with Crippen molar-refractivity contribution >= 4 is 22.4 Å². The number of aromatic nitrogens is 1. The molecule has 1 aliphatic heterocycles. The lowest BCUT2D eigenvalue weighted by molar-refractivity contribution is -0.129. The third kappa shape index (κ3) is 3.45. The first-order valence-electron chi connectivity index (χ1n) is 6.63. The summed E-state index contributed by atoms with van der Waals surface area (Å²) in [6.45, 7) is 3.85. The van der Waals surface area contributed by atoms with Crippen molar-refractivity contribution in [3.8, 4) is 0 Å². The quantitative estimate of drug-likeness (QED) is 0.899. The summed E-state index contributed by atoms with van der Waals surface area (Å²) in [5.74, 6) is 0.145. The Labute approximate surface area is 118 Å². The van der Waals surface area contributed by atoms with Gasteiger partial charge >= 0.3 is 0 Å². The van der Waals surface area contributed by atoms with Crippen LogP contribution in [0.1, 0.15) is 23.4 Å². The van der Waals surface area contributed by atoms with Crippen molar-refractivity contribution in [2.45, 2.75) is 32.2 Å². The van der Waals surface area contributed by atoms with Crippen LogP contribution in [0.3, 0.4) is 0 Å². The van der Waals surface area contributed by atoms with Gasteiger partial charge in [-0.1, -0.05) is 0 Å². The van der Waals surface area contributed by atoms with Gasteiger partial charge in [0.15, 0.2) is 5.13 Å². The molecule has 2 heterocycles. The molecule has 0 radical (unpaired) electrons. The van der Waals surface area contributed by atoms with Gasteiger partial charge in [0.1, 0.15) is 0 Å². The summed E-state index contributed by atoms with van der Waals surface area (Å²) < 4.78 is 0. The normalized spacial score (nSPS) is 19.8. The van der Waals surface area contributed by atoms with Crippen LogP contribution in [0.4, 0.5) is 5.13 Å². The second-order valence-electron chi connectivity index (χ2n) is 5.29. The topological polar surface area (TPSA) is 62.5 Å². The lowest BCUT2D eigenvalue weighted by Crippen LogP contribution is -2.40. The van der Waals surface area contributed by atoms with E-state index >= 15 is 0 Å². The first-order valence-corrected chi connectivity index (χ1v) is 7.45. The molecule has 5 nitrogen and oxygen atoms in total. The summed E-state index contributed by atoms with van der Waals surface area (Å²) in [6.07, 6.45) is 2.82. The van der Waals surface area contributed by atoms with Gasteiger partial charge in [0.05, 0.1) is 12.1 Å². The number of nitrogens with two attached hydrogens (primary N) is 1. The SMILES string of the molecule is Cc1nc(N)sc1CC(=O)N(C)C[C@@H]1CCCN1C. The molecule has 1 atom stereocenters. The van der Waals surface area contributed by atoms with Crippen LogP contribution in [0.15, 0.2) is 0 Å². The lowest BCUT2D eigenvalue weighted by Gasteiger charge is -2.25. The van der Waals surface area contributed by atoms with Gasteiger partial charge in [0.2, 0.25) is 5.91 Å². The molecule has 0 aliphatic carbocycles. The third-order valence-electron chi connectivity index (χ3n) is 3.80. The molecule has 0 saturated carbocycles. The first kappa shape index (κ1) is 14.3. The number of likely N-dealkylation sites (tertiary alicyclic amines) is 1. The number of hydrogen-bond donors (Lipinski definition) is 1. The fraction of sp³-hybridized carbons (Fsp3) is 0.692. The van der Waals surface area contributed by atoms with Crippen molar-refractivity contribution in [3.05, 3.63) is 10.6 Å². The average Bonchev–Trinajstić information content (AvgIpc) is 2.86. The molecule has 1 aromatic heterocycles. The van der Waals surface area contributed by atoms with Crippen LogP contribution in [-0.2, 0) is 11.2 Å².